The number of aromatic nitrogens is 2. The first-order valence-electron chi connectivity index (χ1n) is 8.02. The first-order valence-corrected chi connectivity index (χ1v) is 8.02. The monoisotopic (exact) mass is 328 g/mol. The van der Waals surface area contributed by atoms with Gasteiger partial charge >= 0.3 is 0 Å². The van der Waals surface area contributed by atoms with E-state index in [1.165, 1.54) is 4.68 Å². The van der Waals surface area contributed by atoms with Gasteiger partial charge in [-0.25, -0.2) is 4.68 Å². The van der Waals surface area contributed by atoms with E-state index in [2.05, 4.69) is 16.0 Å². The summed E-state index contributed by atoms with van der Waals surface area (Å²) in [7, 11) is 0. The summed E-state index contributed by atoms with van der Waals surface area (Å²) in [5.41, 5.74) is 4.71. The van der Waals surface area contributed by atoms with Crippen LogP contribution in [-0.2, 0) is 4.79 Å². The second kappa shape index (κ2) is 6.07. The summed E-state index contributed by atoms with van der Waals surface area (Å²) in [5.74, 6) is -0.428. The van der Waals surface area contributed by atoms with Crippen molar-refractivity contribution in [3.63, 3.8) is 0 Å². The van der Waals surface area contributed by atoms with Gasteiger partial charge < -0.3 is 0 Å². The summed E-state index contributed by atoms with van der Waals surface area (Å²) < 4.78 is 1.28. The van der Waals surface area contributed by atoms with Crippen LogP contribution in [0.1, 0.15) is 43.7 Å². The van der Waals surface area contributed by atoms with Crippen molar-refractivity contribution in [3.05, 3.63) is 40.3 Å². The van der Waals surface area contributed by atoms with Crippen LogP contribution in [-0.4, -0.2) is 21.6 Å². The molecule has 7 heteroatoms. The summed E-state index contributed by atoms with van der Waals surface area (Å²) in [6.07, 6.45) is 0.834. The predicted molar refractivity (Wildman–Crippen MR) is 89.3 cm³/mol. The van der Waals surface area contributed by atoms with Gasteiger partial charge in [0.2, 0.25) is 5.91 Å². The van der Waals surface area contributed by atoms with Crippen molar-refractivity contribution < 1.29 is 9.59 Å². The predicted octanol–water partition coefficient (Wildman–Crippen LogP) is 1.39. The van der Waals surface area contributed by atoms with Gasteiger partial charge in [0.25, 0.3) is 11.5 Å². The van der Waals surface area contributed by atoms with Crippen molar-refractivity contribution in [2.24, 2.45) is 11.8 Å². The zero-order valence-electron chi connectivity index (χ0n) is 13.9. The average Bonchev–Trinajstić information content (AvgIpc) is 3.29. The summed E-state index contributed by atoms with van der Waals surface area (Å²) in [4.78, 5) is 36.8. The zero-order valence-corrected chi connectivity index (χ0v) is 13.9. The maximum absolute atomic E-state index is 12.5. The highest BCUT2D eigenvalue weighted by molar-refractivity contribution is 6.05. The quantitative estimate of drug-likeness (QED) is 0.833. The Morgan fingerprint density at radius 2 is 1.83 bits per heavy atom. The molecule has 1 aliphatic rings. The maximum Gasteiger partial charge on any atom is 0.290 e. The van der Waals surface area contributed by atoms with Crippen LogP contribution in [0.3, 0.4) is 0 Å². The van der Waals surface area contributed by atoms with E-state index in [9.17, 15) is 14.4 Å². The summed E-state index contributed by atoms with van der Waals surface area (Å²) in [5, 5.41) is 5.08. The normalized spacial score (nSPS) is 19.3. The van der Waals surface area contributed by atoms with Crippen molar-refractivity contribution in [1.29, 1.82) is 0 Å². The lowest BCUT2D eigenvalue weighted by Gasteiger charge is -2.13. The van der Waals surface area contributed by atoms with Crippen LogP contribution in [0.2, 0.25) is 0 Å². The molecule has 0 spiro atoms. The SMILES string of the molecule is CC(C)n1nc(C(=O)NNC(=O)[C@H]2C[C@@H]2C)c2ccccc2c1=O. The molecule has 2 atom stereocenters. The average molecular weight is 328 g/mol. The molecule has 1 aromatic carbocycles. The molecule has 2 amide bonds. The second-order valence-corrected chi connectivity index (χ2v) is 6.50. The number of benzene rings is 1. The second-order valence-electron chi connectivity index (χ2n) is 6.50. The molecule has 1 saturated carbocycles. The van der Waals surface area contributed by atoms with Crippen molar-refractivity contribution >= 4 is 22.6 Å². The van der Waals surface area contributed by atoms with Gasteiger partial charge in [0.15, 0.2) is 5.69 Å². The zero-order chi connectivity index (χ0) is 17.4. The molecule has 3 rings (SSSR count). The van der Waals surface area contributed by atoms with Crippen molar-refractivity contribution in [3.8, 4) is 0 Å². The third-order valence-electron chi connectivity index (χ3n) is 4.28. The van der Waals surface area contributed by atoms with Crippen LogP contribution in [0, 0.1) is 11.8 Å². The number of nitrogens with zero attached hydrogens (tertiary/aromatic N) is 2. The number of fused-ring (bicyclic) bond motifs is 1. The van der Waals surface area contributed by atoms with Crippen LogP contribution in [0.5, 0.6) is 0 Å². The van der Waals surface area contributed by atoms with Gasteiger partial charge in [-0.2, -0.15) is 5.10 Å². The van der Waals surface area contributed by atoms with E-state index in [0.717, 1.165) is 6.42 Å². The largest absolute Gasteiger partial charge is 0.290 e. The summed E-state index contributed by atoms with van der Waals surface area (Å²) >= 11 is 0. The molecule has 1 heterocycles. The van der Waals surface area contributed by atoms with Gasteiger partial charge in [-0.1, -0.05) is 25.1 Å². The highest BCUT2D eigenvalue weighted by atomic mass is 16.2. The fraction of sp³-hybridized carbons (Fsp3) is 0.412. The first-order chi connectivity index (χ1) is 11.4. The Hall–Kier alpha value is -2.70. The summed E-state index contributed by atoms with van der Waals surface area (Å²) in [6.45, 7) is 5.63. The minimum absolute atomic E-state index is 0.0420. The first kappa shape index (κ1) is 16.2. The standard InChI is InChI=1S/C17H20N4O3/c1-9(2)21-17(24)12-7-5-4-6-11(12)14(20-21)16(23)19-18-15(22)13-8-10(13)3/h4-7,9-10,13H,8H2,1-3H3,(H,18,22)(H,19,23)/t10-,13-/m0/s1. The molecule has 0 unspecified atom stereocenters. The van der Waals surface area contributed by atoms with Gasteiger partial charge in [0.05, 0.1) is 11.4 Å². The van der Waals surface area contributed by atoms with E-state index in [1.807, 2.05) is 20.8 Å². The van der Waals surface area contributed by atoms with E-state index in [1.54, 1.807) is 24.3 Å². The molecular formula is C17H20N4O3. The highest BCUT2D eigenvalue weighted by Gasteiger charge is 2.39. The van der Waals surface area contributed by atoms with E-state index < -0.39 is 5.91 Å². The molecule has 7 nitrogen and oxygen atoms in total. The molecule has 0 saturated heterocycles. The summed E-state index contributed by atoms with van der Waals surface area (Å²) in [6, 6.07) is 6.64. The number of hydrazine groups is 1. The van der Waals surface area contributed by atoms with Crippen molar-refractivity contribution in [1.82, 2.24) is 20.6 Å². The molecule has 1 fully saturated rings. The fourth-order valence-corrected chi connectivity index (χ4v) is 2.68. The van der Waals surface area contributed by atoms with E-state index in [0.29, 0.717) is 16.7 Å². The molecular weight excluding hydrogens is 308 g/mol. The Balaban J connectivity index is 1.92. The molecule has 1 aromatic heterocycles. The van der Waals surface area contributed by atoms with Crippen LogP contribution < -0.4 is 16.4 Å². The van der Waals surface area contributed by atoms with E-state index in [-0.39, 0.29) is 29.1 Å². The number of hydrogen-bond donors (Lipinski definition) is 2. The molecule has 0 bridgehead atoms. The van der Waals surface area contributed by atoms with Gasteiger partial charge in [-0.05, 0) is 32.3 Å². The highest BCUT2D eigenvalue weighted by Crippen LogP contribution is 2.37. The number of nitrogens with one attached hydrogen (secondary N) is 2. The topological polar surface area (TPSA) is 93.1 Å². The molecule has 0 radical (unpaired) electrons. The van der Waals surface area contributed by atoms with Crippen LogP contribution in [0.4, 0.5) is 0 Å². The number of carbonyl (C=O) groups is 2. The smallest absolute Gasteiger partial charge is 0.273 e. The van der Waals surface area contributed by atoms with Crippen molar-refractivity contribution in [2.45, 2.75) is 33.2 Å². The van der Waals surface area contributed by atoms with Crippen LogP contribution in [0.25, 0.3) is 10.8 Å². The molecule has 126 valence electrons. The van der Waals surface area contributed by atoms with Crippen LogP contribution in [0.15, 0.2) is 29.1 Å². The maximum atomic E-state index is 12.5. The molecule has 0 aliphatic heterocycles. The lowest BCUT2D eigenvalue weighted by molar-refractivity contribution is -0.123. The van der Waals surface area contributed by atoms with Gasteiger partial charge in [0.1, 0.15) is 0 Å². The lowest BCUT2D eigenvalue weighted by atomic mass is 10.1. The third kappa shape index (κ3) is 2.89. The number of amides is 2. The van der Waals surface area contributed by atoms with E-state index >= 15 is 0 Å². The Bertz CT molecular complexity index is 872. The third-order valence-corrected chi connectivity index (χ3v) is 4.28. The van der Waals surface area contributed by atoms with E-state index in [4.69, 9.17) is 0 Å². The lowest BCUT2D eigenvalue weighted by Crippen LogP contribution is -2.43. The minimum Gasteiger partial charge on any atom is -0.273 e. The molecule has 2 N–H and O–H groups in total. The molecule has 2 aromatic rings. The Morgan fingerprint density at radius 1 is 1.21 bits per heavy atom. The Kier molecular flexibility index (Phi) is 4.09. The van der Waals surface area contributed by atoms with Crippen molar-refractivity contribution in [2.75, 3.05) is 0 Å². The van der Waals surface area contributed by atoms with Crippen LogP contribution >= 0.6 is 0 Å². The number of carbonyl (C=O) groups excluding carboxylic acids is 2. The Morgan fingerprint density at radius 3 is 2.42 bits per heavy atom. The van der Waals surface area contributed by atoms with Gasteiger partial charge in [0, 0.05) is 11.3 Å². The molecule has 1 aliphatic carbocycles. The van der Waals surface area contributed by atoms with Gasteiger partial charge in [-0.15, -0.1) is 0 Å². The minimum atomic E-state index is -0.540. The molecule has 24 heavy (non-hydrogen) atoms. The Labute approximate surface area is 139 Å². The van der Waals surface area contributed by atoms with Gasteiger partial charge in [-0.3, -0.25) is 25.2 Å². The fourth-order valence-electron chi connectivity index (χ4n) is 2.68. The number of hydrogen-bond acceptors (Lipinski definition) is 4. The number of rotatable bonds is 3.